The Morgan fingerprint density at radius 1 is 1.09 bits per heavy atom. The van der Waals surface area contributed by atoms with Gasteiger partial charge >= 0.3 is 6.18 Å². The van der Waals surface area contributed by atoms with Crippen LogP contribution in [0.2, 0.25) is 0 Å². The molecule has 3 heterocycles. The zero-order chi connectivity index (χ0) is 34.5. The summed E-state index contributed by atoms with van der Waals surface area (Å²) < 4.78 is 65.8. The van der Waals surface area contributed by atoms with Gasteiger partial charge in [-0.2, -0.15) is 13.2 Å². The molecule has 47 heavy (non-hydrogen) atoms. The minimum absolute atomic E-state index is 0.0916. The second kappa shape index (κ2) is 15.2. The average Bonchev–Trinajstić information content (AvgIpc) is 3.04. The van der Waals surface area contributed by atoms with Gasteiger partial charge in [-0.1, -0.05) is 38.1 Å². The van der Waals surface area contributed by atoms with Crippen LogP contribution in [-0.4, -0.2) is 77.6 Å². The van der Waals surface area contributed by atoms with Crippen LogP contribution < -0.4 is 10.1 Å². The number of nitrogens with one attached hydrogen (secondary N) is 1. The fourth-order valence-electron chi connectivity index (χ4n) is 5.79. The van der Waals surface area contributed by atoms with E-state index >= 15 is 4.39 Å². The summed E-state index contributed by atoms with van der Waals surface area (Å²) in [6.45, 7) is 8.10. The topological polar surface area (TPSA) is 96.9 Å². The van der Waals surface area contributed by atoms with Crippen molar-refractivity contribution in [2.45, 2.75) is 65.0 Å². The van der Waals surface area contributed by atoms with E-state index in [1.165, 1.54) is 7.11 Å². The Bertz CT molecular complexity index is 1550. The molecule has 1 aliphatic heterocycles. The normalized spacial score (nSPS) is 17.9. The van der Waals surface area contributed by atoms with E-state index in [2.05, 4.69) is 15.3 Å². The monoisotopic (exact) mass is 659 g/mol. The van der Waals surface area contributed by atoms with Crippen LogP contribution in [-0.2, 0) is 27.0 Å². The summed E-state index contributed by atoms with van der Waals surface area (Å²) in [4.78, 5) is 39.3. The lowest BCUT2D eigenvalue weighted by Crippen LogP contribution is -2.65. The first-order chi connectivity index (χ1) is 22.2. The van der Waals surface area contributed by atoms with Crippen LogP contribution >= 0.6 is 0 Å². The zero-order valence-electron chi connectivity index (χ0n) is 27.4. The molecule has 254 valence electrons. The second-order valence-electron chi connectivity index (χ2n) is 12.0. The number of rotatable bonds is 11. The van der Waals surface area contributed by atoms with Gasteiger partial charge in [-0.3, -0.25) is 19.5 Å². The number of piperazine rings is 1. The molecule has 3 aromatic rings. The summed E-state index contributed by atoms with van der Waals surface area (Å²) in [5.41, 5.74) is 1.07. The molecule has 1 aliphatic rings. The molecule has 0 bridgehead atoms. The Balaban J connectivity index is 1.56. The molecule has 0 spiro atoms. The maximum absolute atomic E-state index is 15.3. The van der Waals surface area contributed by atoms with E-state index in [0.717, 1.165) is 12.1 Å². The van der Waals surface area contributed by atoms with Crippen LogP contribution in [0.25, 0.3) is 11.3 Å². The predicted octanol–water partition coefficient (Wildman–Crippen LogP) is 5.57. The van der Waals surface area contributed by atoms with Crippen molar-refractivity contribution in [1.82, 2.24) is 25.1 Å². The van der Waals surface area contributed by atoms with Gasteiger partial charge in [0, 0.05) is 63.1 Å². The zero-order valence-corrected chi connectivity index (χ0v) is 27.4. The Morgan fingerprint density at radius 2 is 1.79 bits per heavy atom. The molecule has 0 aliphatic carbocycles. The molecule has 0 radical (unpaired) electrons. The van der Waals surface area contributed by atoms with Gasteiger partial charge in [-0.25, -0.2) is 9.37 Å². The number of halogens is 4. The summed E-state index contributed by atoms with van der Waals surface area (Å²) >= 11 is 0. The van der Waals surface area contributed by atoms with Crippen LogP contribution in [0.5, 0.6) is 5.88 Å². The molecule has 3 unspecified atom stereocenters. The van der Waals surface area contributed by atoms with E-state index in [0.29, 0.717) is 36.3 Å². The van der Waals surface area contributed by atoms with E-state index < -0.39 is 29.6 Å². The lowest BCUT2D eigenvalue weighted by Gasteiger charge is -2.47. The third-order valence-electron chi connectivity index (χ3n) is 8.28. The van der Waals surface area contributed by atoms with Gasteiger partial charge in [0.15, 0.2) is 0 Å². The van der Waals surface area contributed by atoms with E-state index in [1.54, 1.807) is 69.3 Å². The number of ether oxygens (including phenoxy) is 2. The largest absolute Gasteiger partial charge is 0.481 e. The first kappa shape index (κ1) is 35.7. The number of hydrogen-bond acceptors (Lipinski definition) is 7. The summed E-state index contributed by atoms with van der Waals surface area (Å²) in [6, 6.07) is 8.28. The van der Waals surface area contributed by atoms with Crippen molar-refractivity contribution < 1.29 is 36.6 Å². The minimum Gasteiger partial charge on any atom is -0.481 e. The number of benzene rings is 1. The molecular weight excluding hydrogens is 618 g/mol. The van der Waals surface area contributed by atoms with Crippen LogP contribution in [0.4, 0.5) is 17.6 Å². The summed E-state index contributed by atoms with van der Waals surface area (Å²) in [7, 11) is 2.81. The number of hydrogen-bond donors (Lipinski definition) is 1. The number of carbonyl (C=O) groups is 2. The molecule has 9 nitrogen and oxygen atoms in total. The average molecular weight is 660 g/mol. The van der Waals surface area contributed by atoms with E-state index in [9.17, 15) is 22.8 Å². The van der Waals surface area contributed by atoms with E-state index in [-0.39, 0.29) is 54.1 Å². The number of aryl methyl sites for hydroxylation is 1. The fraction of sp³-hybridized carbons (Fsp3) is 0.471. The van der Waals surface area contributed by atoms with Crippen LogP contribution in [0, 0.1) is 18.7 Å². The quantitative estimate of drug-likeness (QED) is 0.269. The summed E-state index contributed by atoms with van der Waals surface area (Å²) in [5, 5.41) is 2.92. The van der Waals surface area contributed by atoms with Gasteiger partial charge in [-0.15, -0.1) is 0 Å². The number of nitrogens with zero attached hydrogens (tertiary/aromatic N) is 4. The molecule has 2 aromatic heterocycles. The molecule has 1 fully saturated rings. The second-order valence-corrected chi connectivity index (χ2v) is 12.0. The van der Waals surface area contributed by atoms with Crippen molar-refractivity contribution in [3.63, 3.8) is 0 Å². The molecule has 1 N–H and O–H groups in total. The van der Waals surface area contributed by atoms with Crippen LogP contribution in [0.15, 0.2) is 48.7 Å². The third-order valence-corrected chi connectivity index (χ3v) is 8.28. The molecule has 4 rings (SSSR count). The number of alkyl halides is 3. The van der Waals surface area contributed by atoms with Crippen molar-refractivity contribution in [3.8, 4) is 17.1 Å². The van der Waals surface area contributed by atoms with Gasteiger partial charge < -0.3 is 19.7 Å². The molecule has 13 heteroatoms. The molecular formula is C34H41F4N5O4. The van der Waals surface area contributed by atoms with Gasteiger partial charge in [-0.05, 0) is 43.5 Å². The van der Waals surface area contributed by atoms with Gasteiger partial charge in [0.1, 0.15) is 11.9 Å². The third kappa shape index (κ3) is 8.44. The number of aromatic nitrogens is 2. The van der Waals surface area contributed by atoms with Gasteiger partial charge in [0.2, 0.25) is 17.7 Å². The lowest BCUT2D eigenvalue weighted by molar-refractivity contribution is -0.151. The smallest absolute Gasteiger partial charge is 0.416 e. The van der Waals surface area contributed by atoms with Crippen molar-refractivity contribution in [1.29, 1.82) is 0 Å². The highest BCUT2D eigenvalue weighted by Crippen LogP contribution is 2.34. The van der Waals surface area contributed by atoms with Crippen LogP contribution in [0.3, 0.4) is 0 Å². The highest BCUT2D eigenvalue weighted by Gasteiger charge is 2.42. The van der Waals surface area contributed by atoms with Crippen molar-refractivity contribution in [3.05, 3.63) is 76.9 Å². The Morgan fingerprint density at radius 3 is 2.40 bits per heavy atom. The van der Waals surface area contributed by atoms with Crippen molar-refractivity contribution in [2.24, 2.45) is 5.92 Å². The number of methoxy groups -OCH3 is 2. The summed E-state index contributed by atoms with van der Waals surface area (Å²) in [5.74, 6) is -1.47. The lowest BCUT2D eigenvalue weighted by atomic mass is 9.97. The number of carbonyl (C=O) groups excluding carboxylic acids is 2. The van der Waals surface area contributed by atoms with Crippen molar-refractivity contribution >= 4 is 11.8 Å². The standard InChI is InChI=1S/C34H41F4N5O4/c1-20(2)33(45)43-22(4)18-42(27(12-14-46-5)31-30(35)21(3)11-13-39-31)19-28(43)32(44)40-17-23-7-9-24(10-8-23)26-15-25(34(36,37)38)16-29(41-26)47-6/h7-11,13,15-16,20,22,27-28H,12,14,17-19H2,1-6H3,(H,40,44). The molecule has 0 saturated carbocycles. The van der Waals surface area contributed by atoms with E-state index in [1.807, 2.05) is 11.8 Å². The molecule has 1 aromatic carbocycles. The maximum atomic E-state index is 15.3. The summed E-state index contributed by atoms with van der Waals surface area (Å²) in [6.07, 6.45) is -2.58. The minimum atomic E-state index is -4.57. The highest BCUT2D eigenvalue weighted by atomic mass is 19.4. The first-order valence-corrected chi connectivity index (χ1v) is 15.4. The number of amides is 2. The highest BCUT2D eigenvalue weighted by molar-refractivity contribution is 5.89. The SMILES string of the molecule is COCCC(c1nccc(C)c1F)N1CC(C)N(C(=O)C(C)C)C(C(=O)NCc2ccc(-c3cc(C(F)(F)F)cc(OC)n3)cc2)C1. The Hall–Kier alpha value is -4.10. The van der Waals surface area contributed by atoms with Crippen LogP contribution in [0.1, 0.15) is 55.6 Å². The Kier molecular flexibility index (Phi) is 11.6. The number of pyridine rings is 2. The fourth-order valence-corrected chi connectivity index (χ4v) is 5.79. The van der Waals surface area contributed by atoms with E-state index in [4.69, 9.17) is 9.47 Å². The van der Waals surface area contributed by atoms with Gasteiger partial charge in [0.05, 0.1) is 30.1 Å². The predicted molar refractivity (Wildman–Crippen MR) is 168 cm³/mol. The molecule has 1 saturated heterocycles. The molecule has 3 atom stereocenters. The molecule has 2 amide bonds. The van der Waals surface area contributed by atoms with Crippen molar-refractivity contribution in [2.75, 3.05) is 33.9 Å². The Labute approximate surface area is 272 Å². The van der Waals surface area contributed by atoms with Gasteiger partial charge in [0.25, 0.3) is 0 Å². The first-order valence-electron chi connectivity index (χ1n) is 15.4. The maximum Gasteiger partial charge on any atom is 0.416 e.